The fourth-order valence-corrected chi connectivity index (χ4v) is 4.97. The van der Waals surface area contributed by atoms with Gasteiger partial charge in [-0.2, -0.15) is 0 Å². The Morgan fingerprint density at radius 1 is 0.857 bits per heavy atom. The number of ether oxygens (including phenoxy) is 1. The van der Waals surface area contributed by atoms with E-state index in [0.29, 0.717) is 59.5 Å². The Morgan fingerprint density at radius 3 is 2.09 bits per heavy atom. The average molecular weight is 533 g/mol. The molecule has 0 spiro atoms. The third kappa shape index (κ3) is 5.50. The molecule has 6 nitrogen and oxygen atoms in total. The Bertz CT molecular complexity index is 1230. The molecule has 2 amide bonds. The maximum absolute atomic E-state index is 13.0. The quantitative estimate of drug-likeness (QED) is 0.426. The number of benzene rings is 3. The Kier molecular flexibility index (Phi) is 7.75. The van der Waals surface area contributed by atoms with E-state index in [2.05, 4.69) is 10.2 Å². The predicted molar refractivity (Wildman–Crippen MR) is 142 cm³/mol. The molecule has 3 aromatic carbocycles. The number of anilines is 2. The summed E-state index contributed by atoms with van der Waals surface area (Å²) in [5.74, 6) is -0.0647. The minimum absolute atomic E-state index is 0.00518. The number of rotatable bonds is 5. The summed E-state index contributed by atoms with van der Waals surface area (Å²) >= 11 is 19.0. The fourth-order valence-electron chi connectivity index (χ4n) is 4.03. The minimum atomic E-state index is -0.381. The summed E-state index contributed by atoms with van der Waals surface area (Å²) in [4.78, 5) is 29.8. The molecule has 0 unspecified atom stereocenters. The molecule has 0 bridgehead atoms. The molecule has 1 N–H and O–H groups in total. The molecule has 1 aliphatic heterocycles. The molecule has 9 heteroatoms. The third-order valence-corrected chi connectivity index (χ3v) is 6.75. The highest BCUT2D eigenvalue weighted by molar-refractivity contribution is 6.38. The van der Waals surface area contributed by atoms with Crippen molar-refractivity contribution in [2.75, 3.05) is 43.5 Å². The topological polar surface area (TPSA) is 61.9 Å². The first-order valence-corrected chi connectivity index (χ1v) is 12.2. The van der Waals surface area contributed by atoms with E-state index in [1.165, 1.54) is 19.2 Å². The Morgan fingerprint density at radius 2 is 1.49 bits per heavy atom. The number of carbonyl (C=O) groups is 2. The summed E-state index contributed by atoms with van der Waals surface area (Å²) in [7, 11) is 1.46. The zero-order valence-electron chi connectivity index (χ0n) is 19.3. The summed E-state index contributed by atoms with van der Waals surface area (Å²) in [6.07, 6.45) is 0. The Labute approximate surface area is 219 Å². The number of amides is 2. The van der Waals surface area contributed by atoms with Crippen molar-refractivity contribution in [3.8, 4) is 5.75 Å². The molecule has 182 valence electrons. The second-order valence-corrected chi connectivity index (χ2v) is 9.43. The molecule has 0 saturated carbocycles. The van der Waals surface area contributed by atoms with Gasteiger partial charge in [0, 0.05) is 37.3 Å². The first kappa shape index (κ1) is 25.2. The number of nitrogens with zero attached hydrogens (tertiary/aromatic N) is 2. The normalized spacial score (nSPS) is 13.5. The van der Waals surface area contributed by atoms with Crippen molar-refractivity contribution >= 4 is 58.0 Å². The van der Waals surface area contributed by atoms with Crippen LogP contribution in [0.5, 0.6) is 5.75 Å². The molecular weight excluding hydrogens is 509 g/mol. The van der Waals surface area contributed by atoms with Crippen LogP contribution in [0.3, 0.4) is 0 Å². The first-order valence-electron chi connectivity index (χ1n) is 11.0. The molecule has 35 heavy (non-hydrogen) atoms. The molecule has 1 fully saturated rings. The summed E-state index contributed by atoms with van der Waals surface area (Å²) in [5.41, 5.74) is 3.34. The standard InChI is InChI=1S/C26H24Cl3N3O3/c1-16-6-8-17(9-7-16)26(34)32-12-10-31(11-13-32)23-19(27)4-3-5-22(23)30-25(33)18-14-20(28)24(35-2)21(29)15-18/h3-9,14-15H,10-13H2,1-2H3,(H,30,33). The largest absolute Gasteiger partial charge is 0.494 e. The SMILES string of the molecule is COc1c(Cl)cc(C(=O)Nc2cccc(Cl)c2N2CCN(C(=O)c3ccc(C)cc3)CC2)cc1Cl. The van der Waals surface area contributed by atoms with Gasteiger partial charge in [0.05, 0.1) is 33.6 Å². The molecule has 3 aromatic rings. The lowest BCUT2D eigenvalue weighted by atomic mass is 10.1. The molecule has 0 radical (unpaired) electrons. The van der Waals surface area contributed by atoms with Crippen LogP contribution < -0.4 is 15.0 Å². The lowest BCUT2D eigenvalue weighted by Crippen LogP contribution is -2.49. The van der Waals surface area contributed by atoms with Crippen LogP contribution in [0.4, 0.5) is 11.4 Å². The van der Waals surface area contributed by atoms with E-state index < -0.39 is 0 Å². The number of halogens is 3. The number of para-hydroxylation sites is 1. The van der Waals surface area contributed by atoms with Crippen molar-refractivity contribution in [1.82, 2.24) is 4.90 Å². The molecule has 0 aromatic heterocycles. The Balaban J connectivity index is 1.50. The van der Waals surface area contributed by atoms with Crippen LogP contribution in [-0.4, -0.2) is 50.0 Å². The number of carbonyl (C=O) groups excluding carboxylic acids is 2. The van der Waals surface area contributed by atoms with Crippen LogP contribution in [-0.2, 0) is 0 Å². The first-order chi connectivity index (χ1) is 16.8. The number of aryl methyl sites for hydroxylation is 1. The van der Waals surface area contributed by atoms with Crippen molar-refractivity contribution in [2.45, 2.75) is 6.92 Å². The van der Waals surface area contributed by atoms with Gasteiger partial charge in [-0.1, -0.05) is 58.6 Å². The molecule has 0 aliphatic carbocycles. The zero-order valence-corrected chi connectivity index (χ0v) is 21.5. The van der Waals surface area contributed by atoms with Crippen LogP contribution >= 0.6 is 34.8 Å². The van der Waals surface area contributed by atoms with Crippen LogP contribution in [0.1, 0.15) is 26.3 Å². The van der Waals surface area contributed by atoms with E-state index in [-0.39, 0.29) is 21.9 Å². The maximum Gasteiger partial charge on any atom is 0.255 e. The van der Waals surface area contributed by atoms with Crippen LogP contribution in [0.15, 0.2) is 54.6 Å². The van der Waals surface area contributed by atoms with Crippen molar-refractivity contribution in [1.29, 1.82) is 0 Å². The van der Waals surface area contributed by atoms with Crippen LogP contribution in [0.25, 0.3) is 0 Å². The van der Waals surface area contributed by atoms with E-state index in [1.807, 2.05) is 36.1 Å². The van der Waals surface area contributed by atoms with Gasteiger partial charge in [0.15, 0.2) is 5.75 Å². The molecule has 1 heterocycles. The predicted octanol–water partition coefficient (Wildman–Crippen LogP) is 6.18. The fraction of sp³-hybridized carbons (Fsp3) is 0.231. The van der Waals surface area contributed by atoms with Crippen molar-refractivity contribution < 1.29 is 14.3 Å². The molecule has 0 atom stereocenters. The van der Waals surface area contributed by atoms with Gasteiger partial charge in [0.1, 0.15) is 0 Å². The zero-order chi connectivity index (χ0) is 25.1. The molecule has 1 saturated heterocycles. The number of hydrogen-bond acceptors (Lipinski definition) is 4. The number of hydrogen-bond donors (Lipinski definition) is 1. The number of piperazine rings is 1. The molecule has 1 aliphatic rings. The second-order valence-electron chi connectivity index (χ2n) is 8.21. The lowest BCUT2D eigenvalue weighted by Gasteiger charge is -2.37. The summed E-state index contributed by atoms with van der Waals surface area (Å²) in [6.45, 7) is 4.21. The van der Waals surface area contributed by atoms with E-state index >= 15 is 0 Å². The van der Waals surface area contributed by atoms with E-state index in [0.717, 1.165) is 5.56 Å². The van der Waals surface area contributed by atoms with Gasteiger partial charge >= 0.3 is 0 Å². The summed E-state index contributed by atoms with van der Waals surface area (Å²) in [6, 6.07) is 15.9. The van der Waals surface area contributed by atoms with Gasteiger partial charge in [-0.05, 0) is 43.3 Å². The van der Waals surface area contributed by atoms with Gasteiger partial charge < -0.3 is 19.9 Å². The van der Waals surface area contributed by atoms with E-state index in [1.54, 1.807) is 18.2 Å². The average Bonchev–Trinajstić information content (AvgIpc) is 2.84. The molecule has 4 rings (SSSR count). The molecular formula is C26H24Cl3N3O3. The summed E-state index contributed by atoms with van der Waals surface area (Å²) in [5, 5.41) is 3.91. The van der Waals surface area contributed by atoms with Crippen molar-refractivity contribution in [3.05, 3.63) is 86.4 Å². The number of methoxy groups -OCH3 is 1. The highest BCUT2D eigenvalue weighted by atomic mass is 35.5. The Hall–Kier alpha value is -2.93. The smallest absolute Gasteiger partial charge is 0.255 e. The van der Waals surface area contributed by atoms with E-state index in [9.17, 15) is 9.59 Å². The van der Waals surface area contributed by atoms with Crippen molar-refractivity contribution in [2.24, 2.45) is 0 Å². The highest BCUT2D eigenvalue weighted by Crippen LogP contribution is 2.37. The van der Waals surface area contributed by atoms with Gasteiger partial charge in [0.2, 0.25) is 0 Å². The van der Waals surface area contributed by atoms with Crippen LogP contribution in [0.2, 0.25) is 15.1 Å². The highest BCUT2D eigenvalue weighted by Gasteiger charge is 2.25. The number of nitrogens with one attached hydrogen (secondary N) is 1. The maximum atomic E-state index is 13.0. The minimum Gasteiger partial charge on any atom is -0.494 e. The monoisotopic (exact) mass is 531 g/mol. The van der Waals surface area contributed by atoms with E-state index in [4.69, 9.17) is 39.5 Å². The lowest BCUT2D eigenvalue weighted by molar-refractivity contribution is 0.0746. The van der Waals surface area contributed by atoms with Crippen molar-refractivity contribution in [3.63, 3.8) is 0 Å². The van der Waals surface area contributed by atoms with Gasteiger partial charge in [-0.15, -0.1) is 0 Å². The van der Waals surface area contributed by atoms with Gasteiger partial charge in [-0.3, -0.25) is 9.59 Å². The third-order valence-electron chi connectivity index (χ3n) is 5.88. The van der Waals surface area contributed by atoms with Gasteiger partial charge in [0.25, 0.3) is 11.8 Å². The second kappa shape index (κ2) is 10.8. The van der Waals surface area contributed by atoms with Crippen LogP contribution in [0, 0.1) is 6.92 Å². The van der Waals surface area contributed by atoms with Gasteiger partial charge in [-0.25, -0.2) is 0 Å². The summed E-state index contributed by atoms with van der Waals surface area (Å²) < 4.78 is 5.15.